The fourth-order valence-corrected chi connectivity index (χ4v) is 4.70. The van der Waals surface area contributed by atoms with Gasteiger partial charge in [-0.25, -0.2) is 4.31 Å². The Labute approximate surface area is 168 Å². The summed E-state index contributed by atoms with van der Waals surface area (Å²) in [5.74, 6) is 0.0459. The Kier molecular flexibility index (Phi) is 7.13. The van der Waals surface area contributed by atoms with Gasteiger partial charge in [-0.3, -0.25) is 18.2 Å². The molecule has 2 aromatic carbocycles. The Morgan fingerprint density at radius 1 is 1.04 bits per heavy atom. The van der Waals surface area contributed by atoms with Crippen molar-refractivity contribution in [1.29, 1.82) is 0 Å². The van der Waals surface area contributed by atoms with Gasteiger partial charge >= 0.3 is 0 Å². The van der Waals surface area contributed by atoms with Crippen molar-refractivity contribution in [3.05, 3.63) is 54.6 Å². The van der Waals surface area contributed by atoms with Crippen molar-refractivity contribution in [2.45, 2.75) is 26.3 Å². The number of ketones is 1. The van der Waals surface area contributed by atoms with Gasteiger partial charge in [-0.2, -0.15) is 0 Å². The molecule has 1 aliphatic heterocycles. The van der Waals surface area contributed by atoms with Gasteiger partial charge < -0.3 is 5.32 Å². The van der Waals surface area contributed by atoms with Crippen molar-refractivity contribution in [3.63, 3.8) is 0 Å². The van der Waals surface area contributed by atoms with E-state index in [2.05, 4.69) is 5.32 Å². The second kappa shape index (κ2) is 8.95. The topological polar surface area (TPSA) is 76.0 Å². The van der Waals surface area contributed by atoms with Gasteiger partial charge in [-0.05, 0) is 35.2 Å². The quantitative estimate of drug-likeness (QED) is 0.618. The molecule has 0 spiro atoms. The van der Waals surface area contributed by atoms with E-state index in [0.717, 1.165) is 11.4 Å². The minimum Gasteiger partial charge on any atom is -0.308 e. The third-order valence-electron chi connectivity index (χ3n) is 4.20. The number of nitrogens with zero attached hydrogens (tertiary/aromatic N) is 2. The van der Waals surface area contributed by atoms with Crippen LogP contribution in [0.5, 0.6) is 0 Å². The van der Waals surface area contributed by atoms with E-state index in [4.69, 9.17) is 0 Å². The maximum absolute atomic E-state index is 12.1. The lowest BCUT2D eigenvalue weighted by atomic mass is 10.2. The number of fused-ring (bicyclic) bond motifs is 1. The summed E-state index contributed by atoms with van der Waals surface area (Å²) in [6, 6.07) is 17.0. The minimum atomic E-state index is -3.27. The number of Topliss-reactive ketones (excluding diaryl/α,β-unsaturated/α-hetero) is 1. The Bertz CT molecular complexity index is 774. The number of rotatable bonds is 7. The molecule has 0 fully saturated rings. The van der Waals surface area contributed by atoms with E-state index in [1.807, 2.05) is 68.4 Å². The lowest BCUT2D eigenvalue weighted by Gasteiger charge is -2.43. The van der Waals surface area contributed by atoms with Crippen LogP contribution < -0.4 is 13.9 Å². The van der Waals surface area contributed by atoms with Crippen LogP contribution in [0.4, 0.5) is 17.1 Å². The zero-order chi connectivity index (χ0) is 18.7. The number of anilines is 3. The standard InChI is InChI=1S/C19H25N3O3S.ClH/c1-15(2)20-14-17(23)12-13-21-18-10-6-7-11-19(18)22(26(21,24)25)16-8-4-3-5-9-16;/h3-11,15,20,24-25H,12-14H2,1-2H3;1H. The fourth-order valence-electron chi connectivity index (χ4n) is 2.93. The summed E-state index contributed by atoms with van der Waals surface area (Å²) in [4.78, 5) is 12.1. The molecule has 3 N–H and O–H groups in total. The van der Waals surface area contributed by atoms with Gasteiger partial charge in [0, 0.05) is 19.0 Å². The van der Waals surface area contributed by atoms with Crippen LogP contribution in [0, 0.1) is 0 Å². The third-order valence-corrected chi connectivity index (χ3v) is 6.07. The van der Waals surface area contributed by atoms with E-state index < -0.39 is 11.0 Å². The third kappa shape index (κ3) is 4.56. The van der Waals surface area contributed by atoms with E-state index in [1.165, 1.54) is 0 Å². The van der Waals surface area contributed by atoms with Gasteiger partial charge in [0.2, 0.25) is 0 Å². The molecule has 27 heavy (non-hydrogen) atoms. The van der Waals surface area contributed by atoms with Crippen molar-refractivity contribution < 1.29 is 13.9 Å². The lowest BCUT2D eigenvalue weighted by molar-refractivity contribution is -0.118. The number of benzene rings is 2. The van der Waals surface area contributed by atoms with Gasteiger partial charge in [0.15, 0.2) is 0 Å². The monoisotopic (exact) mass is 411 g/mol. The smallest absolute Gasteiger partial charge is 0.148 e. The SMILES string of the molecule is CC(C)NCC(=O)CCN1c2ccccc2N(c2ccccc2)S1(O)O.Cl. The highest BCUT2D eigenvalue weighted by Crippen LogP contribution is 2.63. The second-order valence-electron chi connectivity index (χ2n) is 6.53. The molecule has 2 aromatic rings. The van der Waals surface area contributed by atoms with Crippen LogP contribution in [0.3, 0.4) is 0 Å². The highest BCUT2D eigenvalue weighted by Gasteiger charge is 2.41. The molecule has 3 rings (SSSR count). The van der Waals surface area contributed by atoms with Crippen LogP contribution in [0.1, 0.15) is 20.3 Å². The summed E-state index contributed by atoms with van der Waals surface area (Å²) < 4.78 is 25.1. The molecule has 0 aliphatic carbocycles. The zero-order valence-electron chi connectivity index (χ0n) is 15.4. The number of hydrogen-bond acceptors (Lipinski definition) is 6. The number of halogens is 1. The average Bonchev–Trinajstić information content (AvgIpc) is 2.84. The Morgan fingerprint density at radius 3 is 2.26 bits per heavy atom. The van der Waals surface area contributed by atoms with Gasteiger partial charge in [0.1, 0.15) is 5.78 Å². The first-order chi connectivity index (χ1) is 12.4. The molecule has 0 saturated heterocycles. The van der Waals surface area contributed by atoms with E-state index in [1.54, 1.807) is 8.61 Å². The largest absolute Gasteiger partial charge is 0.308 e. The summed E-state index contributed by atoms with van der Waals surface area (Å²) in [7, 11) is -3.27. The van der Waals surface area contributed by atoms with Crippen LogP contribution >= 0.6 is 23.4 Å². The summed E-state index contributed by atoms with van der Waals surface area (Å²) in [5, 5.41) is 3.10. The van der Waals surface area contributed by atoms with Gasteiger partial charge in [-0.15, -0.1) is 12.4 Å². The molecule has 0 amide bonds. The average molecular weight is 412 g/mol. The van der Waals surface area contributed by atoms with Crippen molar-refractivity contribution in [2.75, 3.05) is 21.7 Å². The number of nitrogens with one attached hydrogen (secondary N) is 1. The zero-order valence-corrected chi connectivity index (χ0v) is 17.0. The fraction of sp³-hybridized carbons (Fsp3) is 0.316. The highest BCUT2D eigenvalue weighted by atomic mass is 35.5. The van der Waals surface area contributed by atoms with Crippen molar-refractivity contribution in [1.82, 2.24) is 5.32 Å². The molecule has 1 aliphatic rings. The normalized spacial score (nSPS) is 16.0. The number of carbonyl (C=O) groups is 1. The number of para-hydroxylation sites is 3. The van der Waals surface area contributed by atoms with Gasteiger partial charge in [0.25, 0.3) is 0 Å². The molecule has 6 nitrogen and oxygen atoms in total. The second-order valence-corrected chi connectivity index (χ2v) is 8.32. The molecule has 0 bridgehead atoms. The predicted molar refractivity (Wildman–Crippen MR) is 115 cm³/mol. The molecule has 1 heterocycles. The van der Waals surface area contributed by atoms with E-state index >= 15 is 0 Å². The van der Waals surface area contributed by atoms with Crippen LogP contribution in [-0.2, 0) is 4.79 Å². The first-order valence-corrected chi connectivity index (χ1v) is 10.1. The summed E-state index contributed by atoms with van der Waals surface area (Å²) >= 11 is 0. The molecule has 8 heteroatoms. The maximum atomic E-state index is 12.1. The molecule has 148 valence electrons. The molecular formula is C19H26ClN3O3S. The Balaban J connectivity index is 0.00000261. The number of hydrogen-bond donors (Lipinski definition) is 3. The summed E-state index contributed by atoms with van der Waals surface area (Å²) in [6.45, 7) is 4.51. The summed E-state index contributed by atoms with van der Waals surface area (Å²) in [6.07, 6.45) is 0.243. The highest BCUT2D eigenvalue weighted by molar-refractivity contribution is 8.27. The minimum absolute atomic E-state index is 0. The van der Waals surface area contributed by atoms with Crippen LogP contribution in [0.15, 0.2) is 54.6 Å². The van der Waals surface area contributed by atoms with Crippen molar-refractivity contribution in [2.24, 2.45) is 0 Å². The van der Waals surface area contributed by atoms with Gasteiger partial charge in [0.05, 0.1) is 23.6 Å². The molecule has 0 unspecified atom stereocenters. The molecule has 0 atom stereocenters. The van der Waals surface area contributed by atoms with E-state index in [9.17, 15) is 13.9 Å². The van der Waals surface area contributed by atoms with Crippen LogP contribution in [0.25, 0.3) is 0 Å². The molecule has 0 aromatic heterocycles. The van der Waals surface area contributed by atoms with E-state index in [-0.39, 0.29) is 43.7 Å². The Morgan fingerprint density at radius 2 is 1.63 bits per heavy atom. The van der Waals surface area contributed by atoms with Crippen LogP contribution in [0.2, 0.25) is 0 Å². The number of carbonyl (C=O) groups excluding carboxylic acids is 1. The predicted octanol–water partition coefficient (Wildman–Crippen LogP) is 4.60. The molecule has 0 saturated carbocycles. The Hall–Kier alpha value is -1.77. The van der Waals surface area contributed by atoms with Crippen molar-refractivity contribution >= 4 is 46.2 Å². The first kappa shape index (κ1) is 21.5. The van der Waals surface area contributed by atoms with Gasteiger partial charge in [-0.1, -0.05) is 44.2 Å². The lowest BCUT2D eigenvalue weighted by Crippen LogP contribution is -2.35. The van der Waals surface area contributed by atoms with Crippen molar-refractivity contribution in [3.8, 4) is 0 Å². The summed E-state index contributed by atoms with van der Waals surface area (Å²) in [5.41, 5.74) is 2.16. The van der Waals surface area contributed by atoms with Crippen LogP contribution in [-0.4, -0.2) is 34.0 Å². The first-order valence-electron chi connectivity index (χ1n) is 8.66. The maximum Gasteiger partial charge on any atom is 0.148 e. The van der Waals surface area contributed by atoms with E-state index in [0.29, 0.717) is 5.69 Å². The molecular weight excluding hydrogens is 386 g/mol. The molecule has 0 radical (unpaired) electrons.